The maximum atomic E-state index is 12.2. The Balaban J connectivity index is 0.000000330. The number of nitrogens with one attached hydrogen (secondary N) is 2. The van der Waals surface area contributed by atoms with Crippen molar-refractivity contribution in [2.45, 2.75) is 78.2 Å². The van der Waals surface area contributed by atoms with Crippen LogP contribution in [0.15, 0.2) is 44.4 Å². The van der Waals surface area contributed by atoms with E-state index in [1.807, 2.05) is 78.8 Å². The number of carbonyl (C=O) groups is 1. The molecule has 0 spiro atoms. The zero-order chi connectivity index (χ0) is 24.9. The Hall–Kier alpha value is -1.67. The Kier molecular flexibility index (Phi) is 10.2. The van der Waals surface area contributed by atoms with Crippen LogP contribution in [-0.4, -0.2) is 20.3 Å². The number of carbonyl (C=O) groups excluding carboxylic acids is 1. The normalized spacial score (nSPS) is 13.6. The summed E-state index contributed by atoms with van der Waals surface area (Å²) < 4.78 is 1.66. The van der Waals surface area contributed by atoms with Gasteiger partial charge in [-0.05, 0) is 61.0 Å². The largest absolute Gasteiger partial charge is 0.346 e. The molecule has 1 aromatic heterocycles. The fraction of sp³-hybridized carbons (Fsp3) is 0.542. The molecule has 1 amide bonds. The van der Waals surface area contributed by atoms with Crippen molar-refractivity contribution in [1.29, 1.82) is 0 Å². The van der Waals surface area contributed by atoms with Gasteiger partial charge in [0.1, 0.15) is 4.47 Å². The van der Waals surface area contributed by atoms with Crippen molar-refractivity contribution in [2.24, 2.45) is 5.41 Å². The van der Waals surface area contributed by atoms with Gasteiger partial charge in [-0.2, -0.15) is 0 Å². The number of benzene rings is 1. The molecule has 0 aliphatic rings. The van der Waals surface area contributed by atoms with Gasteiger partial charge in [0.15, 0.2) is 0 Å². The number of nitrogens with zero attached hydrogens (tertiary/aromatic N) is 1. The van der Waals surface area contributed by atoms with Gasteiger partial charge in [-0.15, -0.1) is 0 Å². The summed E-state index contributed by atoms with van der Waals surface area (Å²) >= 11 is 6.64. The van der Waals surface area contributed by atoms with E-state index < -0.39 is 0 Å². The van der Waals surface area contributed by atoms with Crippen LogP contribution < -0.4 is 16.6 Å². The Morgan fingerprint density at radius 1 is 1.12 bits per heavy atom. The number of amides is 1. The molecule has 2 N–H and O–H groups in total. The van der Waals surface area contributed by atoms with Crippen LogP contribution in [0, 0.1) is 12.3 Å². The molecule has 2 atom stereocenters. The molecule has 0 aliphatic carbocycles. The lowest BCUT2D eigenvalue weighted by Gasteiger charge is -2.31. The molecule has 32 heavy (non-hydrogen) atoms. The average molecular weight is 573 g/mol. The molecule has 0 bridgehead atoms. The number of H-pyrrole nitrogens is 1. The van der Waals surface area contributed by atoms with E-state index in [2.05, 4.69) is 42.2 Å². The van der Waals surface area contributed by atoms with Crippen LogP contribution in [0.3, 0.4) is 0 Å². The van der Waals surface area contributed by atoms with Crippen LogP contribution in [0.1, 0.15) is 72.2 Å². The molecule has 2 unspecified atom stereocenters. The first kappa shape index (κ1) is 28.4. The van der Waals surface area contributed by atoms with E-state index in [0.717, 1.165) is 12.0 Å². The van der Waals surface area contributed by atoms with Gasteiger partial charge in [0.05, 0.1) is 10.4 Å². The fourth-order valence-electron chi connectivity index (χ4n) is 2.91. The van der Waals surface area contributed by atoms with Crippen molar-refractivity contribution in [3.05, 3.63) is 66.9 Å². The summed E-state index contributed by atoms with van der Waals surface area (Å²) in [4.78, 5) is 37.9. The van der Waals surface area contributed by atoms with Crippen LogP contribution >= 0.6 is 31.9 Å². The molecule has 0 saturated carbocycles. The van der Waals surface area contributed by atoms with Crippen molar-refractivity contribution >= 4 is 37.8 Å². The molecule has 2 aromatic rings. The summed E-state index contributed by atoms with van der Waals surface area (Å²) in [5.41, 5.74) is 0.601. The molecule has 0 aliphatic heterocycles. The molecule has 178 valence electrons. The maximum Gasteiger partial charge on any atom is 0.328 e. The number of halogens is 2. The summed E-state index contributed by atoms with van der Waals surface area (Å²) in [6, 6.07) is 9.92. The first-order valence-electron chi connectivity index (χ1n) is 10.7. The maximum absolute atomic E-state index is 12.2. The lowest BCUT2D eigenvalue weighted by atomic mass is 9.89. The van der Waals surface area contributed by atoms with E-state index in [1.165, 1.54) is 4.57 Å². The lowest BCUT2D eigenvalue weighted by Crippen LogP contribution is -2.47. The smallest absolute Gasteiger partial charge is 0.328 e. The summed E-state index contributed by atoms with van der Waals surface area (Å²) in [6.45, 7) is 15.6. The number of aryl methyl sites for hydroxylation is 1. The highest BCUT2D eigenvalue weighted by molar-refractivity contribution is 9.10. The van der Waals surface area contributed by atoms with Gasteiger partial charge in [-0.1, -0.05) is 74.0 Å². The van der Waals surface area contributed by atoms with Crippen molar-refractivity contribution in [3.8, 4) is 0 Å². The van der Waals surface area contributed by atoms with Gasteiger partial charge < -0.3 is 10.3 Å². The minimum absolute atomic E-state index is 0.0244. The molecule has 1 aromatic carbocycles. The summed E-state index contributed by atoms with van der Waals surface area (Å²) in [6.07, 6.45) is 0.748. The van der Waals surface area contributed by atoms with Gasteiger partial charge in [-0.25, -0.2) is 4.79 Å². The molecule has 2 rings (SSSR count). The molecule has 6 nitrogen and oxygen atoms in total. The van der Waals surface area contributed by atoms with Gasteiger partial charge >= 0.3 is 5.69 Å². The van der Waals surface area contributed by atoms with Gasteiger partial charge in [0, 0.05) is 11.7 Å². The Bertz CT molecular complexity index is 1020. The first-order chi connectivity index (χ1) is 14.6. The van der Waals surface area contributed by atoms with E-state index in [9.17, 15) is 14.4 Å². The highest BCUT2D eigenvalue weighted by Gasteiger charge is 2.32. The summed E-state index contributed by atoms with van der Waals surface area (Å²) in [7, 11) is 0. The van der Waals surface area contributed by atoms with Crippen LogP contribution in [0.2, 0.25) is 0 Å². The van der Waals surface area contributed by atoms with Gasteiger partial charge in [0.2, 0.25) is 5.91 Å². The highest BCUT2D eigenvalue weighted by Crippen LogP contribution is 2.28. The van der Waals surface area contributed by atoms with Crippen LogP contribution in [0.25, 0.3) is 0 Å². The highest BCUT2D eigenvalue weighted by atomic mass is 79.9. The monoisotopic (exact) mass is 571 g/mol. The predicted molar refractivity (Wildman–Crippen MR) is 139 cm³/mol. The second kappa shape index (κ2) is 11.5. The van der Waals surface area contributed by atoms with Crippen molar-refractivity contribution in [2.75, 3.05) is 0 Å². The summed E-state index contributed by atoms with van der Waals surface area (Å²) in [5, 5.41) is 3.09. The Labute approximate surface area is 207 Å². The Morgan fingerprint density at radius 2 is 1.66 bits per heavy atom. The van der Waals surface area contributed by atoms with E-state index >= 15 is 0 Å². The molecule has 0 radical (unpaired) electrons. The number of alkyl halides is 1. The van der Waals surface area contributed by atoms with Crippen LogP contribution in [-0.2, 0) is 10.3 Å². The molecule has 1 heterocycles. The molecule has 8 heteroatoms. The average Bonchev–Trinajstić information content (AvgIpc) is 2.71. The van der Waals surface area contributed by atoms with Gasteiger partial charge in [-0.3, -0.25) is 14.2 Å². The molecule has 0 saturated heterocycles. The topological polar surface area (TPSA) is 84.0 Å². The third kappa shape index (κ3) is 7.44. The van der Waals surface area contributed by atoms with Crippen LogP contribution in [0.5, 0.6) is 0 Å². The van der Waals surface area contributed by atoms with Crippen LogP contribution in [0.4, 0.5) is 0 Å². The number of rotatable bonds is 5. The van der Waals surface area contributed by atoms with E-state index in [1.54, 1.807) is 6.92 Å². The second-order valence-corrected chi connectivity index (χ2v) is 11.2. The third-order valence-corrected chi connectivity index (χ3v) is 7.93. The quantitative estimate of drug-likeness (QED) is 0.469. The van der Waals surface area contributed by atoms with E-state index in [0.29, 0.717) is 10.2 Å². The molecular formula is C24H35Br2N3O3. The fourth-order valence-corrected chi connectivity index (χ4v) is 3.31. The van der Waals surface area contributed by atoms with E-state index in [-0.39, 0.29) is 39.0 Å². The van der Waals surface area contributed by atoms with Crippen molar-refractivity contribution in [3.63, 3.8) is 0 Å². The second-order valence-electron chi connectivity index (χ2n) is 9.51. The van der Waals surface area contributed by atoms with Crippen molar-refractivity contribution < 1.29 is 4.79 Å². The predicted octanol–water partition coefficient (Wildman–Crippen LogP) is 5.43. The number of hydrogen-bond acceptors (Lipinski definition) is 3. The molecule has 0 fully saturated rings. The Morgan fingerprint density at radius 3 is 2.12 bits per heavy atom. The SMILES string of the molecule is CC(C)(NC(=O)C(Br)C(C)(C)C)c1ccccc1.CCC(C)n1c(=O)[nH]c(C)c(Br)c1=O. The number of aromatic amines is 1. The third-order valence-electron chi connectivity index (χ3n) is 5.20. The molecular weight excluding hydrogens is 538 g/mol. The zero-order valence-electron chi connectivity index (χ0n) is 20.2. The van der Waals surface area contributed by atoms with E-state index in [4.69, 9.17) is 0 Å². The lowest BCUT2D eigenvalue weighted by molar-refractivity contribution is -0.123. The zero-order valence-corrected chi connectivity index (χ0v) is 23.3. The van der Waals surface area contributed by atoms with Gasteiger partial charge in [0.25, 0.3) is 5.56 Å². The number of aromatic nitrogens is 2. The minimum Gasteiger partial charge on any atom is -0.346 e. The number of hydrogen-bond donors (Lipinski definition) is 2. The standard InChI is InChI=1S/C15H22BrNO.C9H13BrN2O2/c1-14(2,3)12(16)13(18)17-15(4,5)11-9-7-6-8-10-11;1-4-5(2)12-8(13)7(10)6(3)11-9(12)14/h6-10,12H,1-5H3,(H,17,18);5H,4H2,1-3H3,(H,11,14). The first-order valence-corrected chi connectivity index (χ1v) is 12.4. The van der Waals surface area contributed by atoms with Crippen molar-refractivity contribution in [1.82, 2.24) is 14.9 Å². The summed E-state index contributed by atoms with van der Waals surface area (Å²) in [5.74, 6) is 0.0244. The minimum atomic E-state index is -0.365.